The molecule has 0 saturated carbocycles. The van der Waals surface area contributed by atoms with E-state index in [0.717, 1.165) is 44.2 Å². The molecule has 3 aliphatic carbocycles. The topological polar surface area (TPSA) is 6.48 Å². The smallest absolute Gasteiger partial charge is 0.0546 e. The first-order valence-electron chi connectivity index (χ1n) is 28.4. The van der Waals surface area contributed by atoms with Crippen LogP contribution in [0.3, 0.4) is 0 Å². The zero-order valence-corrected chi connectivity index (χ0v) is 45.1. The molecule has 11 aromatic carbocycles. The highest BCUT2D eigenvalue weighted by molar-refractivity contribution is 6.23. The Morgan fingerprint density at radius 3 is 2.10 bits per heavy atom. The Morgan fingerprint density at radius 1 is 0.564 bits per heavy atom. The lowest BCUT2D eigenvalue weighted by Crippen LogP contribution is -2.32. The van der Waals surface area contributed by atoms with Gasteiger partial charge in [0.15, 0.2) is 0 Å². The van der Waals surface area contributed by atoms with Gasteiger partial charge in [-0.05, 0) is 199 Å². The normalized spacial score (nSPS) is 16.1. The third kappa shape index (κ3) is 7.99. The molecule has 0 aromatic heterocycles. The SMILES string of the molecule is C=CC1CC=C(N(C2=c3ccc4c(-c5cccc6ccccc56)cc(N(c5ccc(C)c(CCC)c5)c5ccc6ccccc6c5)c5ccc(c3c45)C(c3cccc4ccccc34)C2)c2ccc3c(c2)CCC3)C=C1/C=C\C. The Kier molecular flexibility index (Phi) is 12.0. The lowest BCUT2D eigenvalue weighted by atomic mass is 9.76. The minimum atomic E-state index is 0.0598. The molecule has 78 heavy (non-hydrogen) atoms. The Balaban J connectivity index is 1.15. The summed E-state index contributed by atoms with van der Waals surface area (Å²) < 4.78 is 0. The summed E-state index contributed by atoms with van der Waals surface area (Å²) in [6.45, 7) is 11.0. The molecule has 0 fully saturated rings. The molecule has 11 aromatic rings. The van der Waals surface area contributed by atoms with Crippen LogP contribution in [0.25, 0.3) is 70.7 Å². The Bertz CT molecular complexity index is 4380. The van der Waals surface area contributed by atoms with Gasteiger partial charge in [-0.2, -0.15) is 0 Å². The van der Waals surface area contributed by atoms with E-state index in [2.05, 4.69) is 262 Å². The van der Waals surface area contributed by atoms with Gasteiger partial charge in [0, 0.05) is 50.9 Å². The number of fused-ring (bicyclic) bond motifs is 4. The molecule has 0 N–H and O–H groups in total. The number of nitrogens with zero attached hydrogens (tertiary/aromatic N) is 2. The van der Waals surface area contributed by atoms with Crippen LogP contribution in [-0.2, 0) is 19.3 Å². The Labute approximate surface area is 459 Å². The maximum atomic E-state index is 4.32. The van der Waals surface area contributed by atoms with Crippen molar-refractivity contribution in [3.63, 3.8) is 0 Å². The monoisotopic (exact) mass is 1000 g/mol. The molecular formula is C76H64N2. The van der Waals surface area contributed by atoms with Gasteiger partial charge in [-0.3, -0.25) is 0 Å². The number of rotatable bonds is 12. The van der Waals surface area contributed by atoms with Crippen molar-refractivity contribution in [2.24, 2.45) is 5.92 Å². The first-order valence-corrected chi connectivity index (χ1v) is 28.4. The highest BCUT2D eigenvalue weighted by Gasteiger charge is 2.33. The summed E-state index contributed by atoms with van der Waals surface area (Å²) >= 11 is 0. The summed E-state index contributed by atoms with van der Waals surface area (Å²) in [6, 6.07) is 74.6. The molecule has 0 aliphatic heterocycles. The molecule has 0 radical (unpaired) electrons. The lowest BCUT2D eigenvalue weighted by molar-refractivity contribution is 0.770. The predicted octanol–water partition coefficient (Wildman–Crippen LogP) is 19.8. The van der Waals surface area contributed by atoms with E-state index in [0.29, 0.717) is 0 Å². The Hall–Kier alpha value is -8.72. The van der Waals surface area contributed by atoms with Gasteiger partial charge in [0.05, 0.1) is 5.69 Å². The number of benzene rings is 11. The molecule has 0 bridgehead atoms. The molecule has 0 spiro atoms. The van der Waals surface area contributed by atoms with Crippen molar-refractivity contribution in [1.82, 2.24) is 0 Å². The molecular weight excluding hydrogens is 941 g/mol. The molecule has 0 amide bonds. The molecule has 378 valence electrons. The van der Waals surface area contributed by atoms with Crippen LogP contribution in [0.2, 0.25) is 0 Å². The number of aryl methyl sites for hydroxylation is 4. The van der Waals surface area contributed by atoms with Crippen LogP contribution in [0.4, 0.5) is 22.7 Å². The lowest BCUT2D eigenvalue weighted by Gasteiger charge is -2.37. The van der Waals surface area contributed by atoms with Gasteiger partial charge in [0.2, 0.25) is 0 Å². The van der Waals surface area contributed by atoms with Crippen molar-refractivity contribution in [3.8, 4) is 11.1 Å². The number of anilines is 4. The van der Waals surface area contributed by atoms with E-state index in [9.17, 15) is 0 Å². The van der Waals surface area contributed by atoms with E-state index in [-0.39, 0.29) is 11.8 Å². The maximum Gasteiger partial charge on any atom is 0.0546 e. The zero-order chi connectivity index (χ0) is 52.4. The van der Waals surface area contributed by atoms with Crippen LogP contribution >= 0.6 is 0 Å². The van der Waals surface area contributed by atoms with Crippen LogP contribution < -0.4 is 15.0 Å². The summed E-state index contributed by atoms with van der Waals surface area (Å²) in [6.07, 6.45) is 18.8. The fraction of sp³-hybridized carbons (Fsp3) is 0.158. The van der Waals surface area contributed by atoms with Crippen LogP contribution in [0.15, 0.2) is 242 Å². The van der Waals surface area contributed by atoms with E-state index < -0.39 is 0 Å². The summed E-state index contributed by atoms with van der Waals surface area (Å²) in [7, 11) is 0. The average Bonchev–Trinajstić information content (AvgIpc) is 4.03. The van der Waals surface area contributed by atoms with E-state index >= 15 is 0 Å². The molecule has 14 rings (SSSR count). The standard InChI is InChI=1S/C76H64N2/c1-5-17-55-43-59(35-31-49(55)4)77(61-37-33-51-19-8-9-22-57(51)45-61)73-47-71(65-29-15-24-53-20-10-12-27-63(53)65)67-40-42-70-74(48-72(68-39-41-69(73)75(67)76(68)70)66-30-16-25-54-21-11-13-28-64(54)66)78(62-38-34-52-23-14-26-58(52)46-62)60-36-32-50(7-3)56(44-60)18-6-2/h6-13,15-16,18-22,24-25,27-31,33-47,50,72H,3,5,14,17,23,26,32,48H2,1-2,4H3/b18-6-. The van der Waals surface area contributed by atoms with Gasteiger partial charge in [0.25, 0.3) is 0 Å². The molecule has 2 heteroatoms. The molecule has 2 unspecified atom stereocenters. The van der Waals surface area contributed by atoms with Crippen LogP contribution in [-0.4, -0.2) is 0 Å². The van der Waals surface area contributed by atoms with Gasteiger partial charge in [-0.25, -0.2) is 0 Å². The second-order valence-corrected chi connectivity index (χ2v) is 22.1. The van der Waals surface area contributed by atoms with Gasteiger partial charge in [-0.15, -0.1) is 6.58 Å². The first-order chi connectivity index (χ1) is 38.5. The third-order valence-corrected chi connectivity index (χ3v) is 17.6. The fourth-order valence-electron chi connectivity index (χ4n) is 13.8. The van der Waals surface area contributed by atoms with E-state index in [1.807, 2.05) is 0 Å². The Morgan fingerprint density at radius 2 is 1.27 bits per heavy atom. The summed E-state index contributed by atoms with van der Waals surface area (Å²) in [5.74, 6) is 0.314. The molecule has 2 nitrogen and oxygen atoms in total. The minimum Gasteiger partial charge on any atom is -0.314 e. The van der Waals surface area contributed by atoms with Gasteiger partial charge < -0.3 is 9.80 Å². The van der Waals surface area contributed by atoms with Gasteiger partial charge >= 0.3 is 0 Å². The quantitative estimate of drug-likeness (QED) is 0.113. The number of allylic oxidation sites excluding steroid dienone is 6. The van der Waals surface area contributed by atoms with Gasteiger partial charge in [-0.1, -0.05) is 189 Å². The van der Waals surface area contributed by atoms with Crippen molar-refractivity contribution in [1.29, 1.82) is 0 Å². The summed E-state index contributed by atoms with van der Waals surface area (Å²) in [5, 5.41) is 14.0. The maximum absolute atomic E-state index is 4.32. The highest BCUT2D eigenvalue weighted by atomic mass is 15.2. The predicted molar refractivity (Wildman–Crippen MR) is 335 cm³/mol. The average molecular weight is 1010 g/mol. The number of hydrogen-bond donors (Lipinski definition) is 0. The molecule has 3 aliphatic rings. The fourth-order valence-corrected chi connectivity index (χ4v) is 13.8. The van der Waals surface area contributed by atoms with Crippen LogP contribution in [0, 0.1) is 12.8 Å². The van der Waals surface area contributed by atoms with Crippen LogP contribution in [0.1, 0.15) is 78.8 Å². The molecule has 0 heterocycles. The minimum absolute atomic E-state index is 0.0598. The highest BCUT2D eigenvalue weighted by Crippen LogP contribution is 2.51. The van der Waals surface area contributed by atoms with Crippen molar-refractivity contribution >= 4 is 82.3 Å². The molecule has 2 atom stereocenters. The van der Waals surface area contributed by atoms with Crippen molar-refractivity contribution in [2.75, 3.05) is 9.80 Å². The summed E-state index contributed by atoms with van der Waals surface area (Å²) in [4.78, 5) is 5.25. The van der Waals surface area contributed by atoms with Gasteiger partial charge in [0.1, 0.15) is 0 Å². The number of hydrogen-bond acceptors (Lipinski definition) is 2. The van der Waals surface area contributed by atoms with Crippen molar-refractivity contribution in [3.05, 3.63) is 281 Å². The first kappa shape index (κ1) is 47.7. The van der Waals surface area contributed by atoms with E-state index in [1.54, 1.807) is 0 Å². The summed E-state index contributed by atoms with van der Waals surface area (Å²) in [5.41, 5.74) is 19.5. The van der Waals surface area contributed by atoms with E-state index in [1.165, 1.54) is 144 Å². The second kappa shape index (κ2) is 19.7. The van der Waals surface area contributed by atoms with Crippen molar-refractivity contribution in [2.45, 2.75) is 71.6 Å². The molecule has 0 saturated heterocycles. The van der Waals surface area contributed by atoms with E-state index in [4.69, 9.17) is 0 Å². The third-order valence-electron chi connectivity index (χ3n) is 17.6. The van der Waals surface area contributed by atoms with Crippen molar-refractivity contribution < 1.29 is 0 Å². The zero-order valence-electron chi connectivity index (χ0n) is 45.1. The van der Waals surface area contributed by atoms with Crippen LogP contribution in [0.5, 0.6) is 0 Å². The largest absolute Gasteiger partial charge is 0.314 e. The second-order valence-electron chi connectivity index (χ2n) is 22.1.